The zero-order chi connectivity index (χ0) is 16.0. The molecule has 2 aromatic heterocycles. The van der Waals surface area contributed by atoms with Crippen LogP contribution in [0, 0.1) is 6.92 Å². The van der Waals surface area contributed by atoms with Crippen LogP contribution in [0.15, 0.2) is 39.3 Å². The molecule has 3 heterocycles. The normalized spacial score (nSPS) is 13.3. The minimum atomic E-state index is -0.260. The predicted molar refractivity (Wildman–Crippen MR) is 81.7 cm³/mol. The van der Waals surface area contributed by atoms with Crippen molar-refractivity contribution in [2.24, 2.45) is 10.2 Å². The molecule has 1 aliphatic rings. The third-order valence-corrected chi connectivity index (χ3v) is 3.37. The fourth-order valence-corrected chi connectivity index (χ4v) is 2.31. The standard InChI is InChI=1S/C14H12N6O3/c1-7-4-11(21)20-14(16-7)12(13(15)19-20)18-17-8-2-3-9-10(5-8)23-6-22-9/h2-5,19H,6,15H2,1H3. The number of aryl methyl sites for hydroxylation is 1. The molecule has 9 nitrogen and oxygen atoms in total. The number of anilines is 1. The highest BCUT2D eigenvalue weighted by atomic mass is 16.7. The molecule has 0 saturated heterocycles. The zero-order valence-electron chi connectivity index (χ0n) is 12.1. The minimum Gasteiger partial charge on any atom is -0.454 e. The number of nitrogen functional groups attached to an aromatic ring is 1. The molecule has 1 aliphatic heterocycles. The largest absolute Gasteiger partial charge is 0.454 e. The van der Waals surface area contributed by atoms with E-state index in [0.717, 1.165) is 0 Å². The van der Waals surface area contributed by atoms with Gasteiger partial charge < -0.3 is 15.2 Å². The Morgan fingerprint density at radius 2 is 2.09 bits per heavy atom. The fraction of sp³-hybridized carbons (Fsp3) is 0.143. The highest BCUT2D eigenvalue weighted by Gasteiger charge is 2.14. The van der Waals surface area contributed by atoms with Crippen molar-refractivity contribution in [3.63, 3.8) is 0 Å². The molecule has 4 rings (SSSR count). The SMILES string of the molecule is Cc1cc(=O)n2[nH]c(N)c(N=Nc3ccc4c(c3)OCO4)c2n1. The van der Waals surface area contributed by atoms with Crippen molar-refractivity contribution in [3.8, 4) is 11.5 Å². The van der Waals surface area contributed by atoms with Crippen LogP contribution in [-0.4, -0.2) is 21.4 Å². The summed E-state index contributed by atoms with van der Waals surface area (Å²) in [5.41, 5.74) is 7.40. The Balaban J connectivity index is 1.78. The molecule has 0 unspecified atom stereocenters. The van der Waals surface area contributed by atoms with E-state index in [-0.39, 0.29) is 18.2 Å². The van der Waals surface area contributed by atoms with Gasteiger partial charge in [-0.05, 0) is 19.1 Å². The summed E-state index contributed by atoms with van der Waals surface area (Å²) in [6.07, 6.45) is 0. The van der Waals surface area contributed by atoms with Crippen LogP contribution in [-0.2, 0) is 0 Å². The third kappa shape index (κ3) is 2.18. The molecule has 3 N–H and O–H groups in total. The molecular formula is C14H12N6O3. The molecular weight excluding hydrogens is 300 g/mol. The summed E-state index contributed by atoms with van der Waals surface area (Å²) in [6, 6.07) is 6.61. The Labute approximate surface area is 129 Å². The number of fused-ring (bicyclic) bond motifs is 2. The number of benzene rings is 1. The Hall–Kier alpha value is -3.36. The van der Waals surface area contributed by atoms with Crippen LogP contribution in [0.1, 0.15) is 5.69 Å². The van der Waals surface area contributed by atoms with Crippen LogP contribution in [0.4, 0.5) is 17.2 Å². The van der Waals surface area contributed by atoms with E-state index in [2.05, 4.69) is 20.3 Å². The first-order chi connectivity index (χ1) is 11.1. The third-order valence-electron chi connectivity index (χ3n) is 3.37. The lowest BCUT2D eigenvalue weighted by atomic mass is 10.3. The zero-order valence-corrected chi connectivity index (χ0v) is 12.1. The molecule has 116 valence electrons. The minimum absolute atomic E-state index is 0.192. The van der Waals surface area contributed by atoms with Crippen molar-refractivity contribution >= 4 is 22.8 Å². The highest BCUT2D eigenvalue weighted by molar-refractivity contribution is 5.75. The second-order valence-corrected chi connectivity index (χ2v) is 5.01. The van der Waals surface area contributed by atoms with Gasteiger partial charge in [-0.25, -0.2) is 4.98 Å². The number of aromatic amines is 1. The van der Waals surface area contributed by atoms with Gasteiger partial charge in [-0.1, -0.05) is 0 Å². The molecule has 3 aromatic rings. The van der Waals surface area contributed by atoms with E-state index in [9.17, 15) is 4.79 Å². The van der Waals surface area contributed by atoms with E-state index >= 15 is 0 Å². The van der Waals surface area contributed by atoms with Gasteiger partial charge in [0.25, 0.3) is 5.56 Å². The van der Waals surface area contributed by atoms with Gasteiger partial charge in [0.2, 0.25) is 6.79 Å². The van der Waals surface area contributed by atoms with Crippen LogP contribution in [0.5, 0.6) is 11.5 Å². The highest BCUT2D eigenvalue weighted by Crippen LogP contribution is 2.36. The first-order valence-electron chi connectivity index (χ1n) is 6.81. The monoisotopic (exact) mass is 312 g/mol. The lowest BCUT2D eigenvalue weighted by Crippen LogP contribution is -2.14. The van der Waals surface area contributed by atoms with E-state index in [4.69, 9.17) is 15.2 Å². The molecule has 9 heteroatoms. The van der Waals surface area contributed by atoms with Gasteiger partial charge in [0, 0.05) is 17.8 Å². The van der Waals surface area contributed by atoms with E-state index in [1.54, 1.807) is 25.1 Å². The van der Waals surface area contributed by atoms with Crippen LogP contribution in [0.25, 0.3) is 5.65 Å². The second kappa shape index (κ2) is 4.83. The van der Waals surface area contributed by atoms with Crippen molar-refractivity contribution in [2.75, 3.05) is 12.5 Å². The van der Waals surface area contributed by atoms with Gasteiger partial charge in [-0.15, -0.1) is 5.11 Å². The molecule has 0 spiro atoms. The number of aromatic nitrogens is 3. The molecule has 0 fully saturated rings. The Kier molecular flexibility index (Phi) is 2.80. The van der Waals surface area contributed by atoms with Crippen LogP contribution < -0.4 is 20.8 Å². The molecule has 0 aliphatic carbocycles. The molecule has 0 atom stereocenters. The van der Waals surface area contributed by atoms with Crippen molar-refractivity contribution < 1.29 is 9.47 Å². The number of azo groups is 1. The van der Waals surface area contributed by atoms with Gasteiger partial charge >= 0.3 is 0 Å². The van der Waals surface area contributed by atoms with Crippen LogP contribution in [0.2, 0.25) is 0 Å². The summed E-state index contributed by atoms with van der Waals surface area (Å²) < 4.78 is 11.8. The first kappa shape index (κ1) is 13.3. The van der Waals surface area contributed by atoms with E-state index in [1.165, 1.54) is 10.6 Å². The number of hydrogen-bond acceptors (Lipinski definition) is 7. The maximum absolute atomic E-state index is 11.9. The summed E-state index contributed by atoms with van der Waals surface area (Å²) in [6.45, 7) is 1.92. The fourth-order valence-electron chi connectivity index (χ4n) is 2.31. The quantitative estimate of drug-likeness (QED) is 0.702. The maximum Gasteiger partial charge on any atom is 0.273 e. The van der Waals surface area contributed by atoms with E-state index in [1.807, 2.05) is 0 Å². The van der Waals surface area contributed by atoms with Gasteiger partial charge in [-0.2, -0.15) is 9.63 Å². The number of nitrogens with two attached hydrogens (primary N) is 1. The number of rotatable bonds is 2. The lowest BCUT2D eigenvalue weighted by molar-refractivity contribution is 0.174. The first-order valence-corrected chi connectivity index (χ1v) is 6.81. The number of H-pyrrole nitrogens is 1. The Morgan fingerprint density at radius 3 is 2.96 bits per heavy atom. The molecule has 23 heavy (non-hydrogen) atoms. The topological polar surface area (TPSA) is 119 Å². The maximum atomic E-state index is 11.9. The summed E-state index contributed by atoms with van der Waals surface area (Å²) in [5.74, 6) is 1.49. The molecule has 0 saturated carbocycles. The molecule has 1 aromatic carbocycles. The Morgan fingerprint density at radius 1 is 1.26 bits per heavy atom. The average molecular weight is 312 g/mol. The van der Waals surface area contributed by atoms with Crippen molar-refractivity contribution in [3.05, 3.63) is 40.3 Å². The van der Waals surface area contributed by atoms with Crippen molar-refractivity contribution in [2.45, 2.75) is 6.92 Å². The van der Waals surface area contributed by atoms with Gasteiger partial charge in [0.05, 0.1) is 5.69 Å². The second-order valence-electron chi connectivity index (χ2n) is 5.01. The van der Waals surface area contributed by atoms with Crippen molar-refractivity contribution in [1.29, 1.82) is 0 Å². The summed E-state index contributed by atoms with van der Waals surface area (Å²) in [5, 5.41) is 11.0. The average Bonchev–Trinajstić information content (AvgIpc) is 3.09. The van der Waals surface area contributed by atoms with Gasteiger partial charge in [-0.3, -0.25) is 9.89 Å². The van der Waals surface area contributed by atoms with Crippen LogP contribution in [0.3, 0.4) is 0 Å². The summed E-state index contributed by atoms with van der Waals surface area (Å²) in [4.78, 5) is 16.2. The Bertz CT molecular complexity index is 1000. The molecule has 0 bridgehead atoms. The van der Waals surface area contributed by atoms with Gasteiger partial charge in [0.15, 0.2) is 22.8 Å². The van der Waals surface area contributed by atoms with E-state index < -0.39 is 0 Å². The summed E-state index contributed by atoms with van der Waals surface area (Å²) >= 11 is 0. The number of ether oxygens (including phenoxy) is 2. The number of nitrogens with one attached hydrogen (secondary N) is 1. The molecule has 0 radical (unpaired) electrons. The van der Waals surface area contributed by atoms with Crippen LogP contribution >= 0.6 is 0 Å². The predicted octanol–water partition coefficient (Wildman–Crippen LogP) is 2.06. The summed E-state index contributed by atoms with van der Waals surface area (Å²) in [7, 11) is 0. The van der Waals surface area contributed by atoms with Gasteiger partial charge in [0.1, 0.15) is 5.82 Å². The van der Waals surface area contributed by atoms with Crippen molar-refractivity contribution in [1.82, 2.24) is 14.6 Å². The van der Waals surface area contributed by atoms with E-state index in [0.29, 0.717) is 34.2 Å². The lowest BCUT2D eigenvalue weighted by Gasteiger charge is -1.97. The number of nitrogens with zero attached hydrogens (tertiary/aromatic N) is 4. The smallest absolute Gasteiger partial charge is 0.273 e. The molecule has 0 amide bonds. The number of hydrogen-bond donors (Lipinski definition) is 2.